The molecule has 0 saturated heterocycles. The third-order valence-electron chi connectivity index (χ3n) is 6.78. The predicted octanol–water partition coefficient (Wildman–Crippen LogP) is 5.09. The molecule has 5 rings (SSSR count). The Morgan fingerprint density at radius 3 is 1.19 bits per heavy atom. The van der Waals surface area contributed by atoms with Crippen molar-refractivity contribution < 1.29 is 41.0 Å². The van der Waals surface area contributed by atoms with Gasteiger partial charge in [-0.15, -0.1) is 0 Å². The Hall–Kier alpha value is -5.24. The first-order chi connectivity index (χ1) is 17.7. The molecule has 0 fully saturated rings. The first-order valence-electron chi connectivity index (χ1n) is 11.1. The van der Waals surface area contributed by atoms with Gasteiger partial charge in [0.05, 0.1) is 27.7 Å². The van der Waals surface area contributed by atoms with Crippen LogP contribution in [0.3, 0.4) is 0 Å². The van der Waals surface area contributed by atoms with E-state index < -0.39 is 51.5 Å². The molecule has 4 aromatic rings. The maximum atomic E-state index is 12.1. The topological polar surface area (TPSA) is 149 Å². The molecule has 0 aromatic heterocycles. The first kappa shape index (κ1) is 23.5. The second-order valence-electron chi connectivity index (χ2n) is 8.58. The zero-order chi connectivity index (χ0) is 26.5. The molecule has 0 saturated carbocycles. The summed E-state index contributed by atoms with van der Waals surface area (Å²) in [6.07, 6.45) is 0. The Labute approximate surface area is 211 Å². The van der Waals surface area contributed by atoms with E-state index in [2.05, 4.69) is 0 Å². The fourth-order valence-corrected chi connectivity index (χ4v) is 5.31. The molecule has 0 spiro atoms. The summed E-state index contributed by atoms with van der Waals surface area (Å²) in [7, 11) is 0. The van der Waals surface area contributed by atoms with Crippen LogP contribution in [0.1, 0.15) is 65.1 Å². The molecular formula is C29H20O8. The van der Waals surface area contributed by atoms with Crippen LogP contribution in [0.4, 0.5) is 0 Å². The van der Waals surface area contributed by atoms with Crippen molar-refractivity contribution in [2.24, 2.45) is 0 Å². The molecule has 8 nitrogen and oxygen atoms in total. The highest BCUT2D eigenvalue weighted by atomic mass is 16.4. The molecule has 0 amide bonds. The fraction of sp³-hybridized carbons (Fsp3) is 0.0345. The normalized spacial score (nSPS) is 12.9. The number of hydrogen-bond donors (Lipinski definition) is 4. The lowest BCUT2D eigenvalue weighted by atomic mass is 9.67. The smallest absolute Gasteiger partial charge is 0.336 e. The SMILES string of the molecule is O=C(O)c1ccc(C2(c3ccc(C(=O)O)c(C(=O)O)c3)c3ccccc3-c3ccccc32)cc1C(=O)O.[HH]. The number of aromatic carboxylic acids is 4. The summed E-state index contributed by atoms with van der Waals surface area (Å²) in [5.41, 5.74) is 1.00. The third-order valence-corrected chi connectivity index (χ3v) is 6.78. The summed E-state index contributed by atoms with van der Waals surface area (Å²) >= 11 is 0. The molecule has 4 aromatic carbocycles. The average Bonchev–Trinajstić information content (AvgIpc) is 3.19. The van der Waals surface area contributed by atoms with Crippen LogP contribution in [-0.2, 0) is 5.41 Å². The van der Waals surface area contributed by atoms with Crippen molar-refractivity contribution in [2.45, 2.75) is 5.41 Å². The van der Waals surface area contributed by atoms with Gasteiger partial charge in [-0.3, -0.25) is 0 Å². The van der Waals surface area contributed by atoms with Crippen LogP contribution in [0.2, 0.25) is 0 Å². The lowest BCUT2D eigenvalue weighted by Crippen LogP contribution is -2.30. The summed E-state index contributed by atoms with van der Waals surface area (Å²) in [6.45, 7) is 0. The molecule has 0 aliphatic heterocycles. The van der Waals surface area contributed by atoms with Crippen molar-refractivity contribution in [2.75, 3.05) is 0 Å². The van der Waals surface area contributed by atoms with Gasteiger partial charge in [0.15, 0.2) is 0 Å². The Morgan fingerprint density at radius 2 is 0.838 bits per heavy atom. The van der Waals surface area contributed by atoms with Gasteiger partial charge < -0.3 is 20.4 Å². The largest absolute Gasteiger partial charge is 0.478 e. The summed E-state index contributed by atoms with van der Waals surface area (Å²) in [6, 6.07) is 22.8. The molecule has 37 heavy (non-hydrogen) atoms. The summed E-state index contributed by atoms with van der Waals surface area (Å²) < 4.78 is 0. The van der Waals surface area contributed by atoms with E-state index in [-0.39, 0.29) is 1.43 Å². The highest BCUT2D eigenvalue weighted by Crippen LogP contribution is 2.56. The second kappa shape index (κ2) is 8.46. The minimum absolute atomic E-state index is 0. The minimum atomic E-state index is -1.43. The van der Waals surface area contributed by atoms with E-state index in [1.165, 1.54) is 36.4 Å². The highest BCUT2D eigenvalue weighted by Gasteiger charge is 2.47. The van der Waals surface area contributed by atoms with Crippen LogP contribution in [0, 0.1) is 0 Å². The Bertz CT molecular complexity index is 1530. The van der Waals surface area contributed by atoms with Crippen molar-refractivity contribution in [1.82, 2.24) is 0 Å². The molecule has 4 N–H and O–H groups in total. The van der Waals surface area contributed by atoms with Crippen LogP contribution in [0.5, 0.6) is 0 Å². The zero-order valence-electron chi connectivity index (χ0n) is 19.0. The van der Waals surface area contributed by atoms with Gasteiger partial charge in [-0.2, -0.15) is 0 Å². The molecule has 0 atom stereocenters. The van der Waals surface area contributed by atoms with Gasteiger partial charge >= 0.3 is 23.9 Å². The maximum absolute atomic E-state index is 12.1. The fourth-order valence-electron chi connectivity index (χ4n) is 5.31. The zero-order valence-corrected chi connectivity index (χ0v) is 19.0. The molecule has 184 valence electrons. The van der Waals surface area contributed by atoms with Crippen LogP contribution < -0.4 is 0 Å². The van der Waals surface area contributed by atoms with Gasteiger partial charge in [0.1, 0.15) is 0 Å². The molecule has 0 unspecified atom stereocenters. The number of rotatable bonds is 6. The molecule has 1 aliphatic carbocycles. The highest BCUT2D eigenvalue weighted by molar-refractivity contribution is 6.03. The summed E-state index contributed by atoms with van der Waals surface area (Å²) in [4.78, 5) is 47.6. The Morgan fingerprint density at radius 1 is 0.486 bits per heavy atom. The van der Waals surface area contributed by atoms with Gasteiger partial charge in [0.25, 0.3) is 0 Å². The number of carbonyl (C=O) groups is 4. The van der Waals surface area contributed by atoms with Crippen molar-refractivity contribution in [3.8, 4) is 11.1 Å². The second-order valence-corrected chi connectivity index (χ2v) is 8.58. The van der Waals surface area contributed by atoms with Gasteiger partial charge in [-0.25, -0.2) is 19.2 Å². The van der Waals surface area contributed by atoms with Crippen LogP contribution in [-0.4, -0.2) is 44.3 Å². The standard InChI is InChI=1S/C29H18O8.H2/c30-25(31)19-11-9-15(13-21(19)27(34)35)29(16-10-12-20(26(32)33)22(14-16)28(36)37)23-7-3-1-5-17(23)18-6-2-4-8-24(18)29;/h1-14H,(H,30,31)(H,32,33)(H,34,35)(H,36,37);1H. The third kappa shape index (κ3) is 3.38. The van der Waals surface area contributed by atoms with Gasteiger partial charge in [-0.05, 0) is 57.6 Å². The van der Waals surface area contributed by atoms with E-state index in [1.54, 1.807) is 12.1 Å². The number of fused-ring (bicyclic) bond motifs is 3. The van der Waals surface area contributed by atoms with Crippen LogP contribution >= 0.6 is 0 Å². The summed E-state index contributed by atoms with van der Waals surface area (Å²) in [5.74, 6) is -5.66. The van der Waals surface area contributed by atoms with E-state index in [9.17, 15) is 39.6 Å². The van der Waals surface area contributed by atoms with Crippen molar-refractivity contribution in [1.29, 1.82) is 0 Å². The average molecular weight is 496 g/mol. The monoisotopic (exact) mass is 496 g/mol. The lowest BCUT2D eigenvalue weighted by molar-refractivity contribution is 0.0651. The Balaban J connectivity index is 0.00000336. The molecule has 1 aliphatic rings. The Kier molecular flexibility index (Phi) is 5.37. The maximum Gasteiger partial charge on any atom is 0.336 e. The molecular weight excluding hydrogens is 476 g/mol. The number of benzene rings is 4. The molecule has 8 heteroatoms. The predicted molar refractivity (Wildman–Crippen MR) is 134 cm³/mol. The van der Waals surface area contributed by atoms with E-state index >= 15 is 0 Å². The minimum Gasteiger partial charge on any atom is -0.478 e. The van der Waals surface area contributed by atoms with Crippen molar-refractivity contribution >= 4 is 23.9 Å². The van der Waals surface area contributed by atoms with Crippen LogP contribution in [0.15, 0.2) is 84.9 Å². The van der Waals surface area contributed by atoms with E-state index in [4.69, 9.17) is 0 Å². The lowest BCUT2D eigenvalue weighted by Gasteiger charge is -2.34. The molecule has 0 radical (unpaired) electrons. The number of hydrogen-bond acceptors (Lipinski definition) is 4. The number of carboxylic acid groups (broad SMARTS) is 4. The van der Waals surface area contributed by atoms with Crippen molar-refractivity contribution in [3.05, 3.63) is 129 Å². The van der Waals surface area contributed by atoms with Crippen molar-refractivity contribution in [3.63, 3.8) is 0 Å². The van der Waals surface area contributed by atoms with Gasteiger partial charge in [0.2, 0.25) is 0 Å². The molecule has 0 heterocycles. The molecule has 0 bridgehead atoms. The first-order valence-corrected chi connectivity index (χ1v) is 11.1. The van der Waals surface area contributed by atoms with E-state index in [1.807, 2.05) is 36.4 Å². The quantitative estimate of drug-likeness (QED) is 0.254. The van der Waals surface area contributed by atoms with Gasteiger partial charge in [0, 0.05) is 1.43 Å². The van der Waals surface area contributed by atoms with Gasteiger partial charge in [-0.1, -0.05) is 60.7 Å². The number of carboxylic acids is 4. The van der Waals surface area contributed by atoms with Crippen LogP contribution in [0.25, 0.3) is 11.1 Å². The summed E-state index contributed by atoms with van der Waals surface area (Å²) in [5, 5.41) is 38.8. The van der Waals surface area contributed by atoms with E-state index in [0.717, 1.165) is 22.3 Å². The van der Waals surface area contributed by atoms with E-state index in [0.29, 0.717) is 11.1 Å².